The lowest BCUT2D eigenvalue weighted by molar-refractivity contribution is -0.130. The standard InChI is InChI=1S/C31H45N3O5/c1-21(14-15-23-12-10-9-11-13-23)32-27(35)22(2)33-28(36)26(34-29(37)39-31(6,7)8)20-24-16-18-25(19-17-24)38-30(3,4)5/h9-13,16-19,21-22,26H,14-15,20H2,1-8H3,(H,32,35)(H,33,36)(H,34,37)/t21?,22-,26+/m1/s1. The summed E-state index contributed by atoms with van der Waals surface area (Å²) >= 11 is 0. The molecular weight excluding hydrogens is 494 g/mol. The fraction of sp³-hybridized carbons (Fsp3) is 0.516. The third kappa shape index (κ3) is 12.7. The quantitative estimate of drug-likeness (QED) is 0.375. The number of carbonyl (C=O) groups excluding carboxylic acids is 3. The van der Waals surface area contributed by atoms with Crippen LogP contribution in [0.3, 0.4) is 0 Å². The molecule has 0 aliphatic carbocycles. The van der Waals surface area contributed by atoms with Gasteiger partial charge in [0, 0.05) is 12.5 Å². The summed E-state index contributed by atoms with van der Waals surface area (Å²) in [5.74, 6) is -0.0573. The summed E-state index contributed by atoms with van der Waals surface area (Å²) in [6.07, 6.45) is 1.11. The molecule has 0 aliphatic rings. The average Bonchev–Trinajstić information content (AvgIpc) is 2.82. The maximum atomic E-state index is 13.2. The molecule has 3 amide bonds. The zero-order chi connectivity index (χ0) is 29.2. The van der Waals surface area contributed by atoms with Gasteiger partial charge in [0.05, 0.1) is 0 Å². The molecule has 3 N–H and O–H groups in total. The summed E-state index contributed by atoms with van der Waals surface area (Å²) in [6.45, 7) is 14.7. The highest BCUT2D eigenvalue weighted by Crippen LogP contribution is 2.19. The van der Waals surface area contributed by atoms with Crippen molar-refractivity contribution in [1.29, 1.82) is 0 Å². The van der Waals surface area contributed by atoms with Crippen LogP contribution in [0, 0.1) is 0 Å². The van der Waals surface area contributed by atoms with Crippen LogP contribution < -0.4 is 20.7 Å². The maximum absolute atomic E-state index is 13.2. The first-order chi connectivity index (χ1) is 18.1. The van der Waals surface area contributed by atoms with Crippen LogP contribution in [0.2, 0.25) is 0 Å². The SMILES string of the molecule is CC(CCc1ccccc1)NC(=O)[C@@H](C)NC(=O)[C@H](Cc1ccc(OC(C)(C)C)cc1)NC(=O)OC(C)(C)C. The molecule has 0 saturated carbocycles. The summed E-state index contributed by atoms with van der Waals surface area (Å²) in [6, 6.07) is 15.6. The molecule has 0 bridgehead atoms. The van der Waals surface area contributed by atoms with Crippen LogP contribution in [0.4, 0.5) is 4.79 Å². The number of nitrogens with one attached hydrogen (secondary N) is 3. The van der Waals surface area contributed by atoms with E-state index >= 15 is 0 Å². The van der Waals surface area contributed by atoms with Gasteiger partial charge in [-0.1, -0.05) is 42.5 Å². The molecule has 0 aromatic heterocycles. The number of rotatable bonds is 11. The van der Waals surface area contributed by atoms with Crippen LogP contribution in [0.5, 0.6) is 5.75 Å². The van der Waals surface area contributed by atoms with Gasteiger partial charge in [0.1, 0.15) is 29.0 Å². The van der Waals surface area contributed by atoms with Gasteiger partial charge < -0.3 is 25.4 Å². The molecule has 2 aromatic carbocycles. The molecule has 0 saturated heterocycles. The molecule has 39 heavy (non-hydrogen) atoms. The smallest absolute Gasteiger partial charge is 0.408 e. The minimum Gasteiger partial charge on any atom is -0.488 e. The van der Waals surface area contributed by atoms with Gasteiger partial charge in [-0.2, -0.15) is 0 Å². The van der Waals surface area contributed by atoms with Crippen molar-refractivity contribution in [3.63, 3.8) is 0 Å². The molecule has 0 spiro atoms. The second kappa shape index (κ2) is 14.0. The van der Waals surface area contributed by atoms with Crippen molar-refractivity contribution < 1.29 is 23.9 Å². The van der Waals surface area contributed by atoms with E-state index < -0.39 is 29.7 Å². The number of hydrogen-bond donors (Lipinski definition) is 3. The van der Waals surface area contributed by atoms with Gasteiger partial charge in [0.25, 0.3) is 0 Å². The van der Waals surface area contributed by atoms with Crippen molar-refractivity contribution in [1.82, 2.24) is 16.0 Å². The number of alkyl carbamates (subject to hydrolysis) is 1. The zero-order valence-electron chi connectivity index (χ0n) is 24.6. The topological polar surface area (TPSA) is 106 Å². The highest BCUT2D eigenvalue weighted by molar-refractivity contribution is 5.91. The largest absolute Gasteiger partial charge is 0.488 e. The lowest BCUT2D eigenvalue weighted by atomic mass is 10.0. The Morgan fingerprint density at radius 2 is 1.36 bits per heavy atom. The fourth-order valence-electron chi connectivity index (χ4n) is 3.79. The van der Waals surface area contributed by atoms with Gasteiger partial charge in [-0.15, -0.1) is 0 Å². The van der Waals surface area contributed by atoms with Gasteiger partial charge in [0.15, 0.2) is 0 Å². The molecule has 0 aliphatic heterocycles. The lowest BCUT2D eigenvalue weighted by Gasteiger charge is -2.25. The van der Waals surface area contributed by atoms with Gasteiger partial charge in [0.2, 0.25) is 11.8 Å². The summed E-state index contributed by atoms with van der Waals surface area (Å²) in [4.78, 5) is 38.5. The van der Waals surface area contributed by atoms with Gasteiger partial charge in [-0.25, -0.2) is 4.79 Å². The van der Waals surface area contributed by atoms with Crippen molar-refractivity contribution in [2.24, 2.45) is 0 Å². The Kier molecular flexibility index (Phi) is 11.4. The van der Waals surface area contributed by atoms with E-state index in [1.807, 2.05) is 70.2 Å². The van der Waals surface area contributed by atoms with Crippen LogP contribution in [0.15, 0.2) is 54.6 Å². The first-order valence-corrected chi connectivity index (χ1v) is 13.5. The van der Waals surface area contributed by atoms with E-state index in [1.165, 1.54) is 5.56 Å². The van der Waals surface area contributed by atoms with E-state index in [2.05, 4.69) is 28.1 Å². The van der Waals surface area contributed by atoms with Crippen molar-refractivity contribution in [3.8, 4) is 5.75 Å². The molecule has 0 heterocycles. The first kappa shape index (κ1) is 31.7. The van der Waals surface area contributed by atoms with E-state index in [-0.39, 0.29) is 24.0 Å². The summed E-state index contributed by atoms with van der Waals surface area (Å²) < 4.78 is 11.2. The molecule has 8 heteroatoms. The van der Waals surface area contributed by atoms with E-state index in [0.717, 1.165) is 18.4 Å². The van der Waals surface area contributed by atoms with E-state index in [0.29, 0.717) is 5.75 Å². The van der Waals surface area contributed by atoms with E-state index in [1.54, 1.807) is 27.7 Å². The van der Waals surface area contributed by atoms with Crippen LogP contribution in [-0.2, 0) is 27.2 Å². The third-order valence-electron chi connectivity index (χ3n) is 5.64. The second-order valence-corrected chi connectivity index (χ2v) is 11.9. The zero-order valence-corrected chi connectivity index (χ0v) is 24.6. The lowest BCUT2D eigenvalue weighted by Crippen LogP contribution is -2.54. The van der Waals surface area contributed by atoms with E-state index in [4.69, 9.17) is 9.47 Å². The number of amides is 3. The molecule has 0 fully saturated rings. The first-order valence-electron chi connectivity index (χ1n) is 13.5. The van der Waals surface area contributed by atoms with Crippen LogP contribution >= 0.6 is 0 Å². The monoisotopic (exact) mass is 539 g/mol. The Balaban J connectivity index is 2.02. The van der Waals surface area contributed by atoms with Crippen molar-refractivity contribution in [2.45, 2.75) is 104 Å². The molecule has 0 radical (unpaired) electrons. The average molecular weight is 540 g/mol. The normalized spacial score (nSPS) is 13.9. The van der Waals surface area contributed by atoms with Gasteiger partial charge >= 0.3 is 6.09 Å². The number of ether oxygens (including phenoxy) is 2. The van der Waals surface area contributed by atoms with Crippen LogP contribution in [-0.4, -0.2) is 47.2 Å². The van der Waals surface area contributed by atoms with Crippen molar-refractivity contribution in [2.75, 3.05) is 0 Å². The molecule has 1 unspecified atom stereocenters. The Hall–Kier alpha value is -3.55. The number of hydrogen-bond acceptors (Lipinski definition) is 5. The Bertz CT molecular complexity index is 1070. The Labute approximate surface area is 233 Å². The number of carbonyl (C=O) groups is 3. The third-order valence-corrected chi connectivity index (χ3v) is 5.64. The number of aryl methyl sites for hydroxylation is 1. The number of benzene rings is 2. The summed E-state index contributed by atoms with van der Waals surface area (Å²) in [7, 11) is 0. The van der Waals surface area contributed by atoms with Crippen LogP contribution in [0.1, 0.15) is 72.9 Å². The van der Waals surface area contributed by atoms with Crippen molar-refractivity contribution >= 4 is 17.9 Å². The second-order valence-electron chi connectivity index (χ2n) is 11.9. The minimum absolute atomic E-state index is 0.0680. The predicted octanol–water partition coefficient (Wildman–Crippen LogP) is 4.94. The van der Waals surface area contributed by atoms with Gasteiger partial charge in [-0.3, -0.25) is 9.59 Å². The summed E-state index contributed by atoms with van der Waals surface area (Å²) in [5, 5.41) is 8.37. The Morgan fingerprint density at radius 1 is 0.744 bits per heavy atom. The molecule has 214 valence electrons. The van der Waals surface area contributed by atoms with Crippen molar-refractivity contribution in [3.05, 3.63) is 65.7 Å². The maximum Gasteiger partial charge on any atom is 0.408 e. The predicted molar refractivity (Wildman–Crippen MR) is 154 cm³/mol. The highest BCUT2D eigenvalue weighted by Gasteiger charge is 2.27. The molecular formula is C31H45N3O5. The minimum atomic E-state index is -0.944. The summed E-state index contributed by atoms with van der Waals surface area (Å²) in [5.41, 5.74) is 0.964. The van der Waals surface area contributed by atoms with E-state index in [9.17, 15) is 14.4 Å². The highest BCUT2D eigenvalue weighted by atomic mass is 16.6. The molecule has 2 aromatic rings. The van der Waals surface area contributed by atoms with Crippen LogP contribution in [0.25, 0.3) is 0 Å². The molecule has 8 nitrogen and oxygen atoms in total. The molecule has 3 atom stereocenters. The fourth-order valence-corrected chi connectivity index (χ4v) is 3.79. The molecule has 2 rings (SSSR count). The van der Waals surface area contributed by atoms with Gasteiger partial charge in [-0.05, 0) is 91.5 Å². The Morgan fingerprint density at radius 3 is 1.92 bits per heavy atom.